The molecule has 1 atom stereocenters. The second-order valence-corrected chi connectivity index (χ2v) is 6.84. The molecule has 2 aliphatic heterocycles. The van der Waals surface area contributed by atoms with Crippen LogP contribution in [0.1, 0.15) is 37.3 Å². The Morgan fingerprint density at radius 1 is 1.30 bits per heavy atom. The molecular weight excluding hydrogens is 268 g/mol. The van der Waals surface area contributed by atoms with E-state index in [1.807, 2.05) is 11.3 Å². The van der Waals surface area contributed by atoms with E-state index in [-0.39, 0.29) is 0 Å². The first kappa shape index (κ1) is 14.3. The Labute approximate surface area is 126 Å². The highest BCUT2D eigenvalue weighted by Gasteiger charge is 2.31. The van der Waals surface area contributed by atoms with Gasteiger partial charge in [0.2, 0.25) is 0 Å². The Morgan fingerprint density at radius 3 is 3.00 bits per heavy atom. The molecule has 0 aliphatic carbocycles. The fourth-order valence-corrected chi connectivity index (χ4v) is 4.48. The number of aromatic nitrogens is 1. The smallest absolute Gasteiger partial charge is 0.185 e. The highest BCUT2D eigenvalue weighted by atomic mass is 32.1. The molecule has 20 heavy (non-hydrogen) atoms. The van der Waals surface area contributed by atoms with Gasteiger partial charge in [-0.1, -0.05) is 13.8 Å². The molecule has 1 N–H and O–H groups in total. The number of thiazole rings is 1. The van der Waals surface area contributed by atoms with Gasteiger partial charge in [0.05, 0.1) is 5.69 Å². The lowest BCUT2D eigenvalue weighted by atomic mass is 10.2. The molecule has 0 saturated carbocycles. The van der Waals surface area contributed by atoms with Crippen LogP contribution in [0.3, 0.4) is 0 Å². The van der Waals surface area contributed by atoms with E-state index in [1.54, 1.807) is 0 Å². The van der Waals surface area contributed by atoms with Gasteiger partial charge in [-0.15, -0.1) is 11.3 Å². The van der Waals surface area contributed by atoms with Crippen LogP contribution in [0.2, 0.25) is 0 Å². The van der Waals surface area contributed by atoms with Gasteiger partial charge in [-0.3, -0.25) is 4.90 Å². The highest BCUT2D eigenvalue weighted by Crippen LogP contribution is 2.30. The molecule has 112 valence electrons. The molecule has 3 rings (SSSR count). The van der Waals surface area contributed by atoms with Crippen LogP contribution in [0.15, 0.2) is 0 Å². The average molecular weight is 294 g/mol. The maximum absolute atomic E-state index is 4.91. The van der Waals surface area contributed by atoms with Crippen molar-refractivity contribution in [1.29, 1.82) is 0 Å². The predicted octanol–water partition coefficient (Wildman–Crippen LogP) is 2.10. The maximum atomic E-state index is 4.91. The molecule has 1 aromatic heterocycles. The Kier molecular flexibility index (Phi) is 4.58. The summed E-state index contributed by atoms with van der Waals surface area (Å²) in [5, 5.41) is 4.69. The van der Waals surface area contributed by atoms with E-state index < -0.39 is 0 Å². The first-order valence-electron chi connectivity index (χ1n) is 8.00. The lowest BCUT2D eigenvalue weighted by molar-refractivity contribution is 0.231. The monoisotopic (exact) mass is 294 g/mol. The zero-order valence-electron chi connectivity index (χ0n) is 12.7. The number of piperazine rings is 1. The minimum absolute atomic E-state index is 0.773. The van der Waals surface area contributed by atoms with E-state index in [9.17, 15) is 0 Å². The zero-order chi connectivity index (χ0) is 13.9. The van der Waals surface area contributed by atoms with Crippen molar-refractivity contribution in [2.75, 3.05) is 37.6 Å². The van der Waals surface area contributed by atoms with Crippen molar-refractivity contribution in [2.45, 2.75) is 45.7 Å². The van der Waals surface area contributed by atoms with Crippen molar-refractivity contribution in [3.05, 3.63) is 10.6 Å². The molecule has 2 fully saturated rings. The fourth-order valence-electron chi connectivity index (χ4n) is 3.32. The lowest BCUT2D eigenvalue weighted by Crippen LogP contribution is -2.50. The van der Waals surface area contributed by atoms with Gasteiger partial charge in [0.15, 0.2) is 5.13 Å². The summed E-state index contributed by atoms with van der Waals surface area (Å²) < 4.78 is 0. The minimum Gasteiger partial charge on any atom is -0.345 e. The summed E-state index contributed by atoms with van der Waals surface area (Å²) in [6, 6.07) is 0.773. The van der Waals surface area contributed by atoms with Gasteiger partial charge in [0.1, 0.15) is 0 Å². The third kappa shape index (κ3) is 2.85. The number of fused-ring (bicyclic) bond motifs is 1. The van der Waals surface area contributed by atoms with Gasteiger partial charge in [0, 0.05) is 37.1 Å². The van der Waals surface area contributed by atoms with Crippen molar-refractivity contribution in [1.82, 2.24) is 15.2 Å². The number of nitrogens with zero attached hydrogens (tertiary/aromatic N) is 3. The van der Waals surface area contributed by atoms with Crippen LogP contribution in [-0.2, 0) is 13.0 Å². The van der Waals surface area contributed by atoms with Gasteiger partial charge in [-0.05, 0) is 32.4 Å². The van der Waals surface area contributed by atoms with Crippen LogP contribution >= 0.6 is 11.3 Å². The molecule has 2 aliphatic rings. The quantitative estimate of drug-likeness (QED) is 0.901. The van der Waals surface area contributed by atoms with E-state index in [1.165, 1.54) is 48.2 Å². The molecular formula is C15H26N4S. The molecule has 4 nitrogen and oxygen atoms in total. The molecule has 0 amide bonds. The summed E-state index contributed by atoms with van der Waals surface area (Å²) in [7, 11) is 0. The topological polar surface area (TPSA) is 31.4 Å². The second-order valence-electron chi connectivity index (χ2n) is 5.78. The molecule has 3 heterocycles. The number of aryl methyl sites for hydroxylation is 1. The van der Waals surface area contributed by atoms with E-state index >= 15 is 0 Å². The van der Waals surface area contributed by atoms with Gasteiger partial charge in [-0.2, -0.15) is 0 Å². The van der Waals surface area contributed by atoms with Crippen LogP contribution in [0, 0.1) is 0 Å². The molecule has 1 aromatic rings. The first-order valence-corrected chi connectivity index (χ1v) is 8.81. The van der Waals surface area contributed by atoms with Crippen LogP contribution < -0.4 is 10.2 Å². The molecule has 5 heteroatoms. The molecule has 0 aromatic carbocycles. The van der Waals surface area contributed by atoms with Gasteiger partial charge in [0.25, 0.3) is 0 Å². The summed E-state index contributed by atoms with van der Waals surface area (Å²) in [6.45, 7) is 11.2. The molecule has 1 unspecified atom stereocenters. The van der Waals surface area contributed by atoms with E-state index in [0.29, 0.717) is 0 Å². The van der Waals surface area contributed by atoms with Crippen molar-refractivity contribution in [3.63, 3.8) is 0 Å². The Morgan fingerprint density at radius 2 is 2.20 bits per heavy atom. The Hall–Kier alpha value is -0.650. The van der Waals surface area contributed by atoms with Crippen molar-refractivity contribution in [2.24, 2.45) is 0 Å². The third-order valence-corrected chi connectivity index (χ3v) is 5.65. The Bertz CT molecular complexity index is 445. The average Bonchev–Trinajstić information content (AvgIpc) is 3.10. The summed E-state index contributed by atoms with van der Waals surface area (Å²) >= 11 is 1.90. The van der Waals surface area contributed by atoms with Crippen LogP contribution in [0.4, 0.5) is 5.13 Å². The highest BCUT2D eigenvalue weighted by molar-refractivity contribution is 7.15. The third-order valence-electron chi connectivity index (χ3n) is 4.50. The summed E-state index contributed by atoms with van der Waals surface area (Å²) in [5.41, 5.74) is 1.29. The summed E-state index contributed by atoms with van der Waals surface area (Å²) in [4.78, 5) is 11.5. The molecule has 0 radical (unpaired) electrons. The largest absolute Gasteiger partial charge is 0.345 e. The predicted molar refractivity (Wildman–Crippen MR) is 85.7 cm³/mol. The number of hydrogen-bond donors (Lipinski definition) is 1. The van der Waals surface area contributed by atoms with E-state index in [2.05, 4.69) is 29.0 Å². The van der Waals surface area contributed by atoms with Gasteiger partial charge >= 0.3 is 0 Å². The van der Waals surface area contributed by atoms with E-state index in [4.69, 9.17) is 4.98 Å². The van der Waals surface area contributed by atoms with Crippen LogP contribution in [0.25, 0.3) is 0 Å². The summed E-state index contributed by atoms with van der Waals surface area (Å²) in [6.07, 6.45) is 3.79. The van der Waals surface area contributed by atoms with E-state index in [0.717, 1.165) is 32.1 Å². The van der Waals surface area contributed by atoms with Crippen LogP contribution in [-0.4, -0.2) is 48.6 Å². The van der Waals surface area contributed by atoms with Gasteiger partial charge < -0.3 is 10.2 Å². The molecule has 0 spiro atoms. The van der Waals surface area contributed by atoms with Crippen LogP contribution in [0.5, 0.6) is 0 Å². The van der Waals surface area contributed by atoms with Crippen molar-refractivity contribution < 1.29 is 0 Å². The standard InChI is InChI=1S/C15H26N4S/c1-3-13-14(10-16-4-2)20-15(17-13)19-9-8-18-7-5-6-12(18)11-19/h12,16H,3-11H2,1-2H3. The minimum atomic E-state index is 0.773. The number of nitrogens with one attached hydrogen (secondary N) is 1. The first-order chi connectivity index (χ1) is 9.81. The second kappa shape index (κ2) is 6.41. The SMILES string of the molecule is CCNCc1sc(N2CCN3CCCC3C2)nc1CC. The fraction of sp³-hybridized carbons (Fsp3) is 0.800. The normalized spacial score (nSPS) is 23.3. The Balaban J connectivity index is 1.71. The number of anilines is 1. The van der Waals surface area contributed by atoms with Gasteiger partial charge in [-0.25, -0.2) is 4.98 Å². The summed E-state index contributed by atoms with van der Waals surface area (Å²) in [5.74, 6) is 0. The molecule has 2 saturated heterocycles. The maximum Gasteiger partial charge on any atom is 0.185 e. The van der Waals surface area contributed by atoms with Crippen molar-refractivity contribution >= 4 is 16.5 Å². The number of hydrogen-bond acceptors (Lipinski definition) is 5. The molecule has 0 bridgehead atoms. The number of rotatable bonds is 5. The van der Waals surface area contributed by atoms with Crippen molar-refractivity contribution in [3.8, 4) is 0 Å². The zero-order valence-corrected chi connectivity index (χ0v) is 13.5. The lowest BCUT2D eigenvalue weighted by Gasteiger charge is -2.37.